The molecule has 0 fully saturated rings. The van der Waals surface area contributed by atoms with Crippen molar-refractivity contribution in [3.05, 3.63) is 18.3 Å². The van der Waals surface area contributed by atoms with Crippen molar-refractivity contribution in [1.29, 1.82) is 0 Å². The number of nitrogens with zero attached hydrogens (tertiary/aromatic N) is 1. The lowest BCUT2D eigenvalue weighted by Crippen LogP contribution is -2.14. The Kier molecular flexibility index (Phi) is 3.52. The smallest absolute Gasteiger partial charge is 0.126 e. The molecule has 4 N–H and O–H groups in total. The molecule has 0 spiro atoms. The summed E-state index contributed by atoms with van der Waals surface area (Å²) < 4.78 is 0. The van der Waals surface area contributed by atoms with Crippen molar-refractivity contribution in [2.45, 2.75) is 26.3 Å². The van der Waals surface area contributed by atoms with Gasteiger partial charge in [-0.25, -0.2) is 4.98 Å². The highest BCUT2D eigenvalue weighted by molar-refractivity contribution is 5.46. The minimum absolute atomic E-state index is 0.448. The highest BCUT2D eigenvalue weighted by Crippen LogP contribution is 2.09. The van der Waals surface area contributed by atoms with Gasteiger partial charge in [0.2, 0.25) is 0 Å². The Morgan fingerprint density at radius 3 is 2.77 bits per heavy atom. The van der Waals surface area contributed by atoms with Crippen LogP contribution in [0.4, 0.5) is 11.5 Å². The minimum Gasteiger partial charge on any atom is -0.368 e. The summed E-state index contributed by atoms with van der Waals surface area (Å²) in [5.74, 6) is 6.10. The Bertz CT molecular complexity index is 244. The van der Waals surface area contributed by atoms with E-state index < -0.39 is 0 Å². The molecule has 1 aromatic heterocycles. The second kappa shape index (κ2) is 4.67. The number of aromatic nitrogens is 1. The van der Waals surface area contributed by atoms with Gasteiger partial charge in [0.15, 0.2) is 0 Å². The van der Waals surface area contributed by atoms with Crippen molar-refractivity contribution in [2.75, 3.05) is 10.7 Å². The average Bonchev–Trinajstić information content (AvgIpc) is 2.19. The zero-order valence-corrected chi connectivity index (χ0v) is 8.04. The summed E-state index contributed by atoms with van der Waals surface area (Å²) in [7, 11) is 0. The summed E-state index contributed by atoms with van der Waals surface area (Å²) in [6.45, 7) is 4.25. The van der Waals surface area contributed by atoms with Crippen LogP contribution in [0.25, 0.3) is 0 Å². The van der Waals surface area contributed by atoms with Crippen molar-refractivity contribution >= 4 is 11.5 Å². The zero-order valence-electron chi connectivity index (χ0n) is 8.04. The fourth-order valence-corrected chi connectivity index (χ4v) is 0.919. The van der Waals surface area contributed by atoms with Crippen molar-refractivity contribution in [3.63, 3.8) is 0 Å². The normalized spacial score (nSPS) is 12.2. The molecule has 4 nitrogen and oxygen atoms in total. The van der Waals surface area contributed by atoms with Crippen LogP contribution in [0.5, 0.6) is 0 Å². The topological polar surface area (TPSA) is 63.0 Å². The molecule has 0 saturated carbocycles. The Labute approximate surface area is 78.5 Å². The van der Waals surface area contributed by atoms with Crippen LogP contribution in [0.1, 0.15) is 20.3 Å². The molecule has 0 aromatic carbocycles. The van der Waals surface area contributed by atoms with Gasteiger partial charge in [0, 0.05) is 6.04 Å². The highest BCUT2D eigenvalue weighted by atomic mass is 15.2. The van der Waals surface area contributed by atoms with Crippen LogP contribution in [-0.4, -0.2) is 11.0 Å². The van der Waals surface area contributed by atoms with Crippen molar-refractivity contribution in [1.82, 2.24) is 4.98 Å². The first-order chi connectivity index (χ1) is 6.26. The first-order valence-corrected chi connectivity index (χ1v) is 4.45. The van der Waals surface area contributed by atoms with Crippen LogP contribution >= 0.6 is 0 Å². The van der Waals surface area contributed by atoms with Gasteiger partial charge in [0.1, 0.15) is 5.82 Å². The van der Waals surface area contributed by atoms with E-state index in [1.54, 1.807) is 6.20 Å². The number of hydrazine groups is 1. The molecule has 0 aliphatic heterocycles. The number of anilines is 2. The van der Waals surface area contributed by atoms with E-state index in [0.717, 1.165) is 17.9 Å². The van der Waals surface area contributed by atoms with Gasteiger partial charge in [-0.2, -0.15) is 0 Å². The second-order valence-corrected chi connectivity index (χ2v) is 3.03. The van der Waals surface area contributed by atoms with Crippen LogP contribution in [-0.2, 0) is 0 Å². The summed E-state index contributed by atoms with van der Waals surface area (Å²) >= 11 is 0. The molecule has 1 atom stereocenters. The number of nitrogen functional groups attached to an aromatic ring is 1. The fraction of sp³-hybridized carbons (Fsp3) is 0.444. The van der Waals surface area contributed by atoms with Gasteiger partial charge < -0.3 is 10.7 Å². The highest BCUT2D eigenvalue weighted by Gasteiger charge is 1.98. The summed E-state index contributed by atoms with van der Waals surface area (Å²) in [5, 5.41) is 3.26. The van der Waals surface area contributed by atoms with E-state index in [0.29, 0.717) is 6.04 Å². The van der Waals surface area contributed by atoms with Crippen LogP contribution in [0.2, 0.25) is 0 Å². The van der Waals surface area contributed by atoms with Gasteiger partial charge >= 0.3 is 0 Å². The van der Waals surface area contributed by atoms with Crippen LogP contribution in [0.3, 0.4) is 0 Å². The van der Waals surface area contributed by atoms with Crippen LogP contribution in [0.15, 0.2) is 18.3 Å². The summed E-state index contributed by atoms with van der Waals surface area (Å²) in [5.41, 5.74) is 3.35. The Morgan fingerprint density at radius 2 is 2.31 bits per heavy atom. The van der Waals surface area contributed by atoms with E-state index in [9.17, 15) is 0 Å². The maximum absolute atomic E-state index is 5.22. The SMILES string of the molecule is CCC(C)Nc1ccc(NN)cn1. The lowest BCUT2D eigenvalue weighted by atomic mass is 10.2. The van der Waals surface area contributed by atoms with Crippen LogP contribution in [0, 0.1) is 0 Å². The molecule has 1 aromatic rings. The molecule has 0 amide bonds. The molecule has 0 aliphatic rings. The summed E-state index contributed by atoms with van der Waals surface area (Å²) in [6, 6.07) is 4.24. The molecule has 1 heterocycles. The first-order valence-electron chi connectivity index (χ1n) is 4.45. The largest absolute Gasteiger partial charge is 0.368 e. The lowest BCUT2D eigenvalue weighted by molar-refractivity contribution is 0.759. The van der Waals surface area contributed by atoms with E-state index in [1.807, 2.05) is 12.1 Å². The molecule has 13 heavy (non-hydrogen) atoms. The standard InChI is InChI=1S/C9H16N4/c1-3-7(2)12-9-5-4-8(13-10)6-11-9/h4-7,13H,3,10H2,1-2H3,(H,11,12). The van der Waals surface area contributed by atoms with E-state index in [4.69, 9.17) is 5.84 Å². The number of hydrogen-bond acceptors (Lipinski definition) is 4. The van der Waals surface area contributed by atoms with Crippen molar-refractivity contribution < 1.29 is 0 Å². The zero-order chi connectivity index (χ0) is 9.68. The molecule has 0 bridgehead atoms. The first kappa shape index (κ1) is 9.80. The predicted octanol–water partition coefficient (Wildman–Crippen LogP) is 1.58. The van der Waals surface area contributed by atoms with E-state index in [1.165, 1.54) is 0 Å². The molecule has 1 unspecified atom stereocenters. The maximum Gasteiger partial charge on any atom is 0.126 e. The van der Waals surface area contributed by atoms with E-state index in [-0.39, 0.29) is 0 Å². The number of nitrogens with one attached hydrogen (secondary N) is 2. The van der Waals surface area contributed by atoms with Crippen molar-refractivity contribution in [3.8, 4) is 0 Å². The Hall–Kier alpha value is -1.29. The summed E-state index contributed by atoms with van der Waals surface area (Å²) in [6.07, 6.45) is 2.78. The number of hydrogen-bond donors (Lipinski definition) is 3. The van der Waals surface area contributed by atoms with E-state index in [2.05, 4.69) is 29.6 Å². The summed E-state index contributed by atoms with van der Waals surface area (Å²) in [4.78, 5) is 4.18. The van der Waals surface area contributed by atoms with Gasteiger partial charge in [-0.05, 0) is 25.5 Å². The molecule has 72 valence electrons. The van der Waals surface area contributed by atoms with Gasteiger partial charge in [0.25, 0.3) is 0 Å². The number of rotatable bonds is 4. The molecular formula is C9H16N4. The molecular weight excluding hydrogens is 164 g/mol. The molecule has 0 radical (unpaired) electrons. The predicted molar refractivity (Wildman–Crippen MR) is 55.4 cm³/mol. The third-order valence-corrected chi connectivity index (χ3v) is 1.94. The van der Waals surface area contributed by atoms with Gasteiger partial charge in [-0.1, -0.05) is 6.92 Å². The third-order valence-electron chi connectivity index (χ3n) is 1.94. The van der Waals surface area contributed by atoms with Crippen LogP contribution < -0.4 is 16.6 Å². The lowest BCUT2D eigenvalue weighted by Gasteiger charge is -2.11. The van der Waals surface area contributed by atoms with E-state index >= 15 is 0 Å². The molecule has 0 saturated heterocycles. The Morgan fingerprint density at radius 1 is 1.54 bits per heavy atom. The molecule has 0 aliphatic carbocycles. The monoisotopic (exact) mass is 180 g/mol. The second-order valence-electron chi connectivity index (χ2n) is 3.03. The van der Waals surface area contributed by atoms with Gasteiger partial charge in [-0.3, -0.25) is 5.84 Å². The van der Waals surface area contributed by atoms with Crippen molar-refractivity contribution in [2.24, 2.45) is 5.84 Å². The average molecular weight is 180 g/mol. The molecule has 4 heteroatoms. The Balaban J connectivity index is 2.58. The molecule has 1 rings (SSSR count). The quantitative estimate of drug-likeness (QED) is 0.486. The number of nitrogens with two attached hydrogens (primary N) is 1. The third kappa shape index (κ3) is 2.91. The van der Waals surface area contributed by atoms with Gasteiger partial charge in [-0.15, -0.1) is 0 Å². The minimum atomic E-state index is 0.448. The number of pyridine rings is 1. The van der Waals surface area contributed by atoms with Gasteiger partial charge in [0.05, 0.1) is 11.9 Å². The maximum atomic E-state index is 5.22. The fourth-order valence-electron chi connectivity index (χ4n) is 0.919.